The number of esters is 1. The fraction of sp³-hybridized carbons (Fsp3) is 0.250. The van der Waals surface area contributed by atoms with Gasteiger partial charge in [-0.3, -0.25) is 9.28 Å². The molecule has 0 unspecified atom stereocenters. The first kappa shape index (κ1) is 28.1. The first-order chi connectivity index (χ1) is 14.9. The van der Waals surface area contributed by atoms with Gasteiger partial charge in [-0.2, -0.15) is 0 Å². The van der Waals surface area contributed by atoms with Gasteiger partial charge in [-0.25, -0.2) is 14.4 Å². The van der Waals surface area contributed by atoms with Crippen LogP contribution in [0.4, 0.5) is 4.39 Å². The standard InChI is InChI=1S/C9H10O3.C8H8O3.C2H3IO3.CH3F/c1-6-3-4-7(8(10)5-6)9(11)12-2;1-5-2-3-6(8(10)11)7(9)4-5;1-2(4)5-6-3;1-2/h3-5,10H,1-2H3;2-4,9H,1H3,(H,10,11);1H3;1H3/i;;;1D. The van der Waals surface area contributed by atoms with Gasteiger partial charge in [-0.05, 0) is 49.2 Å². The lowest BCUT2D eigenvalue weighted by Crippen LogP contribution is -2.01. The van der Waals surface area contributed by atoms with E-state index in [2.05, 4.69) is 12.8 Å². The summed E-state index contributed by atoms with van der Waals surface area (Å²) < 4.78 is 23.9. The Labute approximate surface area is 194 Å². The molecule has 0 atom stereocenters. The predicted octanol–water partition coefficient (Wildman–Crippen LogP) is 4.30. The molecule has 2 aromatic carbocycles. The summed E-state index contributed by atoms with van der Waals surface area (Å²) in [4.78, 5) is 34.9. The number of rotatable bonds is 3. The molecule has 31 heavy (non-hydrogen) atoms. The van der Waals surface area contributed by atoms with E-state index in [1.54, 1.807) is 19.1 Å². The maximum Gasteiger partial charge on any atom is 0.341 e. The van der Waals surface area contributed by atoms with Gasteiger partial charge in [0.1, 0.15) is 22.6 Å². The number of aryl methyl sites for hydroxylation is 2. The van der Waals surface area contributed by atoms with Gasteiger partial charge in [0.15, 0.2) is 23.0 Å². The van der Waals surface area contributed by atoms with Gasteiger partial charge < -0.3 is 20.1 Å². The molecule has 0 saturated carbocycles. The Kier molecular flexibility index (Phi) is 15.2. The van der Waals surface area contributed by atoms with E-state index in [9.17, 15) is 23.9 Å². The highest BCUT2D eigenvalue weighted by atomic mass is 127. The maximum absolute atomic E-state index is 11.0. The summed E-state index contributed by atoms with van der Waals surface area (Å²) in [5, 5.41) is 26.9. The van der Waals surface area contributed by atoms with E-state index >= 15 is 0 Å². The Morgan fingerprint density at radius 1 is 1.00 bits per heavy atom. The van der Waals surface area contributed by atoms with Crippen molar-refractivity contribution >= 4 is 40.9 Å². The molecular weight excluding hydrogens is 530 g/mol. The second-order valence-electron chi connectivity index (χ2n) is 5.48. The molecule has 11 heteroatoms. The molecule has 0 aliphatic carbocycles. The van der Waals surface area contributed by atoms with Crippen molar-refractivity contribution in [1.29, 1.82) is 0 Å². The number of phenols is 2. The molecular formula is C20H24FIO9. The first-order valence-corrected chi connectivity index (χ1v) is 9.04. The molecule has 2 rings (SSSR count). The number of halogens is 2. The van der Waals surface area contributed by atoms with Crippen LogP contribution in [0.2, 0.25) is 0 Å². The molecule has 0 aliphatic rings. The molecule has 2 aromatic rings. The van der Waals surface area contributed by atoms with E-state index < -0.39 is 25.1 Å². The summed E-state index contributed by atoms with van der Waals surface area (Å²) in [5.74, 6) is -2.29. The molecule has 0 heterocycles. The van der Waals surface area contributed by atoms with Crippen LogP contribution in [-0.4, -0.2) is 47.5 Å². The molecule has 0 aliphatic heterocycles. The van der Waals surface area contributed by atoms with Crippen molar-refractivity contribution in [3.63, 3.8) is 0 Å². The minimum absolute atomic E-state index is 0.0400. The number of alkyl halides is 1. The number of ether oxygens (including phenoxy) is 1. The summed E-state index contributed by atoms with van der Waals surface area (Å²) in [7, 11) is 0.279. The van der Waals surface area contributed by atoms with Crippen molar-refractivity contribution < 1.29 is 48.3 Å². The number of hydrogen-bond donors (Lipinski definition) is 3. The average Bonchev–Trinajstić information content (AvgIpc) is 2.68. The largest absolute Gasteiger partial charge is 0.507 e. The number of methoxy groups -OCH3 is 1. The fourth-order valence-corrected chi connectivity index (χ4v) is 2.04. The molecule has 3 N–H and O–H groups in total. The monoisotopic (exact) mass is 555 g/mol. The zero-order valence-corrected chi connectivity index (χ0v) is 19.4. The van der Waals surface area contributed by atoms with Crippen LogP contribution in [0.3, 0.4) is 0 Å². The van der Waals surface area contributed by atoms with Gasteiger partial charge in [0.2, 0.25) is 0 Å². The Hall–Kier alpha value is -2.93. The summed E-state index contributed by atoms with van der Waals surface area (Å²) in [5.41, 5.74) is 1.88. The van der Waals surface area contributed by atoms with Crippen LogP contribution in [0.15, 0.2) is 36.4 Å². The van der Waals surface area contributed by atoms with Crippen LogP contribution < -0.4 is 0 Å². The van der Waals surface area contributed by atoms with Gasteiger partial charge >= 0.3 is 17.9 Å². The second-order valence-corrected chi connectivity index (χ2v) is 5.84. The number of carboxylic acids is 1. The molecule has 0 aromatic heterocycles. The molecule has 172 valence electrons. The van der Waals surface area contributed by atoms with Crippen LogP contribution in [-0.2, 0) is 17.6 Å². The molecule has 0 fully saturated rings. The Bertz CT molecular complexity index is 878. The van der Waals surface area contributed by atoms with Crippen LogP contribution >= 0.6 is 23.0 Å². The number of aromatic hydroxyl groups is 2. The number of carboxylic acid groups (broad SMARTS) is 1. The number of phenolic OH excluding ortho intramolecular Hbond substituents is 1. The first-order valence-electron chi connectivity index (χ1n) is 8.87. The second kappa shape index (κ2) is 16.8. The average molecular weight is 555 g/mol. The van der Waals surface area contributed by atoms with Crippen molar-refractivity contribution in [2.75, 3.05) is 14.3 Å². The lowest BCUT2D eigenvalue weighted by molar-refractivity contribution is -0.192. The number of aromatic carboxylic acids is 1. The molecule has 0 bridgehead atoms. The van der Waals surface area contributed by atoms with Gasteiger partial charge in [0.25, 0.3) is 0 Å². The molecule has 0 radical (unpaired) electrons. The SMILES string of the molecule is CC(=O)OOI.COC(=O)c1ccc(C)cc1O.Cc1ccc(C(=O)O)c(O)c1.[2H]CF. The van der Waals surface area contributed by atoms with E-state index in [0.717, 1.165) is 11.1 Å². The highest BCUT2D eigenvalue weighted by Crippen LogP contribution is 2.19. The lowest BCUT2D eigenvalue weighted by Gasteiger charge is -2.02. The number of carbonyl (C=O) groups is 3. The van der Waals surface area contributed by atoms with E-state index in [-0.39, 0.29) is 22.6 Å². The van der Waals surface area contributed by atoms with Gasteiger partial charge in [-0.1, -0.05) is 12.1 Å². The minimum atomic E-state index is -1.11. The summed E-state index contributed by atoms with van der Waals surface area (Å²) in [6, 6.07) is 9.24. The zero-order valence-electron chi connectivity index (χ0n) is 18.2. The van der Waals surface area contributed by atoms with Crippen molar-refractivity contribution in [2.45, 2.75) is 20.8 Å². The maximum atomic E-state index is 11.0. The van der Waals surface area contributed by atoms with Crippen molar-refractivity contribution in [3.8, 4) is 11.5 Å². The smallest absolute Gasteiger partial charge is 0.341 e. The predicted molar refractivity (Wildman–Crippen MR) is 118 cm³/mol. The van der Waals surface area contributed by atoms with E-state index in [4.69, 9.17) is 11.6 Å². The quantitative estimate of drug-likeness (QED) is 0.219. The van der Waals surface area contributed by atoms with E-state index in [1.165, 1.54) is 61.3 Å². The number of carbonyl (C=O) groups excluding carboxylic acids is 2. The van der Waals surface area contributed by atoms with Gasteiger partial charge in [0, 0.05) is 6.92 Å². The Morgan fingerprint density at radius 3 is 1.68 bits per heavy atom. The summed E-state index contributed by atoms with van der Waals surface area (Å²) >= 11 is 1.46. The van der Waals surface area contributed by atoms with Crippen LogP contribution in [0.25, 0.3) is 0 Å². The Balaban J connectivity index is 0. The van der Waals surface area contributed by atoms with Crippen molar-refractivity contribution in [3.05, 3.63) is 58.7 Å². The molecule has 0 saturated heterocycles. The van der Waals surface area contributed by atoms with Gasteiger partial charge in [0.05, 0.1) is 15.6 Å². The third-order valence-corrected chi connectivity index (χ3v) is 3.27. The van der Waals surface area contributed by atoms with E-state index in [1.807, 2.05) is 6.92 Å². The minimum Gasteiger partial charge on any atom is -0.507 e. The third kappa shape index (κ3) is 13.1. The fourth-order valence-electron chi connectivity index (χ4n) is 1.79. The highest BCUT2D eigenvalue weighted by molar-refractivity contribution is 14.1. The van der Waals surface area contributed by atoms with Gasteiger partial charge in [-0.15, -0.1) is 3.22 Å². The molecule has 0 spiro atoms. The number of benzene rings is 2. The lowest BCUT2D eigenvalue weighted by atomic mass is 10.1. The van der Waals surface area contributed by atoms with Crippen LogP contribution in [0.5, 0.6) is 11.5 Å². The van der Waals surface area contributed by atoms with E-state index in [0.29, 0.717) is 0 Å². The van der Waals surface area contributed by atoms with Crippen LogP contribution in [0.1, 0.15) is 40.1 Å². The zero-order chi connectivity index (χ0) is 25.3. The topological polar surface area (TPSA) is 140 Å². The summed E-state index contributed by atoms with van der Waals surface area (Å²) in [6.45, 7) is 4.88. The highest BCUT2D eigenvalue weighted by Gasteiger charge is 2.10. The normalized spacial score (nSPS) is 9.16. The Morgan fingerprint density at radius 2 is 1.42 bits per heavy atom. The number of hydrogen-bond acceptors (Lipinski definition) is 8. The molecule has 0 amide bonds. The third-order valence-electron chi connectivity index (χ3n) is 3.09. The molecule has 9 nitrogen and oxygen atoms in total. The van der Waals surface area contributed by atoms with Crippen molar-refractivity contribution in [1.82, 2.24) is 0 Å². The summed E-state index contributed by atoms with van der Waals surface area (Å²) in [6.07, 6.45) is 0. The van der Waals surface area contributed by atoms with Crippen LogP contribution in [0, 0.1) is 13.8 Å². The van der Waals surface area contributed by atoms with Crippen molar-refractivity contribution in [2.24, 2.45) is 0 Å².